The summed E-state index contributed by atoms with van der Waals surface area (Å²) in [6, 6.07) is 5.79. The van der Waals surface area contributed by atoms with E-state index in [1.165, 1.54) is 11.3 Å². The van der Waals surface area contributed by atoms with Crippen molar-refractivity contribution in [1.29, 1.82) is 0 Å². The van der Waals surface area contributed by atoms with Gasteiger partial charge in [0.2, 0.25) is 0 Å². The maximum Gasteiger partial charge on any atom is 0.263 e. The number of carbonyl (C=O) groups is 1. The van der Waals surface area contributed by atoms with Gasteiger partial charge < -0.3 is 9.47 Å². The molecule has 26 heavy (non-hydrogen) atoms. The van der Waals surface area contributed by atoms with E-state index < -0.39 is 0 Å². The molecule has 0 N–H and O–H groups in total. The summed E-state index contributed by atoms with van der Waals surface area (Å²) in [6.45, 7) is 3.49. The number of amides is 1. The van der Waals surface area contributed by atoms with Crippen LogP contribution in [0.4, 0.5) is 0 Å². The first-order chi connectivity index (χ1) is 12.6. The summed E-state index contributed by atoms with van der Waals surface area (Å²) in [5, 5.41) is 1.94. The average Bonchev–Trinajstić information content (AvgIpc) is 3.32. The Balaban J connectivity index is 1.50. The van der Waals surface area contributed by atoms with Crippen molar-refractivity contribution in [3.63, 3.8) is 0 Å². The second-order valence-corrected chi connectivity index (χ2v) is 7.61. The van der Waals surface area contributed by atoms with Gasteiger partial charge in [-0.05, 0) is 37.3 Å². The normalized spacial score (nSPS) is 15.4. The molecular formula is C19H21N5OS. The van der Waals surface area contributed by atoms with Crippen molar-refractivity contribution in [3.8, 4) is 11.5 Å². The van der Waals surface area contributed by atoms with Crippen molar-refractivity contribution in [1.82, 2.24) is 24.4 Å². The molecule has 1 fully saturated rings. The zero-order valence-corrected chi connectivity index (χ0v) is 15.7. The van der Waals surface area contributed by atoms with Gasteiger partial charge in [0.25, 0.3) is 5.91 Å². The first-order valence-electron chi connectivity index (χ1n) is 8.78. The lowest BCUT2D eigenvalue weighted by Crippen LogP contribution is -2.37. The van der Waals surface area contributed by atoms with Crippen LogP contribution in [0.5, 0.6) is 0 Å². The highest BCUT2D eigenvalue weighted by molar-refractivity contribution is 7.12. The number of nitrogens with zero attached hydrogens (tertiary/aromatic N) is 5. The highest BCUT2D eigenvalue weighted by Crippen LogP contribution is 2.28. The number of likely N-dealkylation sites (tertiary alicyclic amines) is 1. The van der Waals surface area contributed by atoms with Gasteiger partial charge in [-0.25, -0.2) is 15.0 Å². The Morgan fingerprint density at radius 3 is 2.73 bits per heavy atom. The van der Waals surface area contributed by atoms with Gasteiger partial charge in [-0.1, -0.05) is 6.07 Å². The van der Waals surface area contributed by atoms with E-state index >= 15 is 0 Å². The van der Waals surface area contributed by atoms with Crippen LogP contribution in [0.15, 0.2) is 36.0 Å². The minimum atomic E-state index is 0.136. The van der Waals surface area contributed by atoms with E-state index in [0.29, 0.717) is 0 Å². The smallest absolute Gasteiger partial charge is 0.263 e. The van der Waals surface area contributed by atoms with Gasteiger partial charge in [0.05, 0.1) is 4.88 Å². The maximum atomic E-state index is 12.5. The van der Waals surface area contributed by atoms with Crippen LogP contribution in [0.25, 0.3) is 11.5 Å². The third-order valence-corrected chi connectivity index (χ3v) is 5.66. The van der Waals surface area contributed by atoms with Crippen molar-refractivity contribution in [2.75, 3.05) is 13.1 Å². The Hall–Kier alpha value is -2.54. The molecule has 1 aliphatic rings. The fourth-order valence-corrected chi connectivity index (χ4v) is 4.09. The third kappa shape index (κ3) is 3.26. The number of carbonyl (C=O) groups excluding carboxylic acids is 1. The molecule has 0 radical (unpaired) electrons. The molecule has 0 aliphatic carbocycles. The number of imidazole rings is 1. The largest absolute Gasteiger partial charge is 0.338 e. The molecule has 134 valence electrons. The standard InChI is InChI=1S/C19H21N5OS/c1-13-12-15(18-20-7-10-23(18)2)22-17(21-13)14-5-8-24(9-6-14)19(25)16-4-3-11-26-16/h3-4,7,10-12,14H,5-6,8-9H2,1-2H3. The Labute approximate surface area is 156 Å². The zero-order chi connectivity index (χ0) is 18.1. The van der Waals surface area contributed by atoms with Gasteiger partial charge in [0.15, 0.2) is 5.82 Å². The molecule has 4 heterocycles. The second kappa shape index (κ2) is 6.99. The van der Waals surface area contributed by atoms with Crippen LogP contribution in [0.3, 0.4) is 0 Å². The first-order valence-corrected chi connectivity index (χ1v) is 9.66. The molecule has 7 heteroatoms. The second-order valence-electron chi connectivity index (χ2n) is 6.66. The summed E-state index contributed by atoms with van der Waals surface area (Å²) in [5.41, 5.74) is 1.81. The third-order valence-electron chi connectivity index (χ3n) is 4.80. The van der Waals surface area contributed by atoms with Crippen molar-refractivity contribution in [2.24, 2.45) is 7.05 Å². The van der Waals surface area contributed by atoms with Crippen molar-refractivity contribution < 1.29 is 4.79 Å². The van der Waals surface area contributed by atoms with Crippen LogP contribution in [-0.2, 0) is 7.05 Å². The molecule has 0 saturated carbocycles. The van der Waals surface area contributed by atoms with Crippen LogP contribution >= 0.6 is 11.3 Å². The highest BCUT2D eigenvalue weighted by Gasteiger charge is 2.27. The van der Waals surface area contributed by atoms with E-state index in [-0.39, 0.29) is 11.8 Å². The number of aryl methyl sites for hydroxylation is 2. The minimum absolute atomic E-state index is 0.136. The Morgan fingerprint density at radius 1 is 1.27 bits per heavy atom. The van der Waals surface area contributed by atoms with E-state index in [2.05, 4.69) is 9.97 Å². The van der Waals surface area contributed by atoms with Gasteiger partial charge in [-0.3, -0.25) is 4.79 Å². The highest BCUT2D eigenvalue weighted by atomic mass is 32.1. The molecule has 3 aromatic rings. The van der Waals surface area contributed by atoms with Crippen LogP contribution in [0, 0.1) is 6.92 Å². The Kier molecular flexibility index (Phi) is 4.55. The van der Waals surface area contributed by atoms with Gasteiger partial charge >= 0.3 is 0 Å². The molecular weight excluding hydrogens is 346 g/mol. The Bertz CT molecular complexity index is 910. The van der Waals surface area contributed by atoms with E-state index in [0.717, 1.165) is 53.8 Å². The molecule has 0 atom stereocenters. The number of hydrogen-bond acceptors (Lipinski definition) is 5. The molecule has 1 aliphatic heterocycles. The monoisotopic (exact) mass is 367 g/mol. The molecule has 6 nitrogen and oxygen atoms in total. The lowest BCUT2D eigenvalue weighted by Gasteiger charge is -2.31. The van der Waals surface area contributed by atoms with E-state index in [4.69, 9.17) is 4.98 Å². The summed E-state index contributed by atoms with van der Waals surface area (Å²) in [4.78, 5) is 29.1. The van der Waals surface area contributed by atoms with Crippen LogP contribution < -0.4 is 0 Å². The molecule has 1 saturated heterocycles. The molecule has 0 unspecified atom stereocenters. The van der Waals surface area contributed by atoms with Crippen molar-refractivity contribution >= 4 is 17.2 Å². The molecule has 0 aromatic carbocycles. The molecule has 0 spiro atoms. The first kappa shape index (κ1) is 16.9. The Morgan fingerprint density at radius 2 is 2.08 bits per heavy atom. The van der Waals surface area contributed by atoms with Crippen LogP contribution in [0.1, 0.15) is 39.9 Å². The van der Waals surface area contributed by atoms with E-state index in [1.807, 2.05) is 53.2 Å². The number of aromatic nitrogens is 4. The minimum Gasteiger partial charge on any atom is -0.338 e. The van der Waals surface area contributed by atoms with Gasteiger partial charge in [-0.15, -0.1) is 11.3 Å². The van der Waals surface area contributed by atoms with Crippen LogP contribution in [-0.4, -0.2) is 43.4 Å². The summed E-state index contributed by atoms with van der Waals surface area (Å²) in [5.74, 6) is 2.13. The number of rotatable bonds is 3. The quantitative estimate of drug-likeness (QED) is 0.713. The van der Waals surface area contributed by atoms with Crippen molar-refractivity contribution in [3.05, 3.63) is 52.4 Å². The predicted octanol–water partition coefficient (Wildman–Crippen LogP) is 3.27. The summed E-state index contributed by atoms with van der Waals surface area (Å²) >= 11 is 1.50. The molecule has 4 rings (SSSR count). The molecule has 0 bridgehead atoms. The van der Waals surface area contributed by atoms with Crippen molar-refractivity contribution in [2.45, 2.75) is 25.7 Å². The summed E-state index contributed by atoms with van der Waals surface area (Å²) < 4.78 is 1.97. The van der Waals surface area contributed by atoms with Crippen LogP contribution in [0.2, 0.25) is 0 Å². The van der Waals surface area contributed by atoms with E-state index in [9.17, 15) is 4.79 Å². The topological polar surface area (TPSA) is 63.9 Å². The summed E-state index contributed by atoms with van der Waals surface area (Å²) in [7, 11) is 1.97. The predicted molar refractivity (Wildman–Crippen MR) is 101 cm³/mol. The number of thiophene rings is 1. The fraction of sp³-hybridized carbons (Fsp3) is 0.368. The molecule has 1 amide bonds. The average molecular weight is 367 g/mol. The van der Waals surface area contributed by atoms with Gasteiger partial charge in [0, 0.05) is 44.1 Å². The van der Waals surface area contributed by atoms with Gasteiger partial charge in [-0.2, -0.15) is 0 Å². The zero-order valence-electron chi connectivity index (χ0n) is 14.9. The number of hydrogen-bond donors (Lipinski definition) is 0. The maximum absolute atomic E-state index is 12.5. The fourth-order valence-electron chi connectivity index (χ4n) is 3.40. The molecule has 3 aromatic heterocycles. The van der Waals surface area contributed by atoms with E-state index in [1.54, 1.807) is 6.20 Å². The lowest BCUT2D eigenvalue weighted by molar-refractivity contribution is 0.0716. The van der Waals surface area contributed by atoms with Gasteiger partial charge in [0.1, 0.15) is 11.5 Å². The SMILES string of the molecule is Cc1cc(-c2nccn2C)nc(C2CCN(C(=O)c3cccs3)CC2)n1. The number of piperidine rings is 1. The lowest BCUT2D eigenvalue weighted by atomic mass is 9.95. The summed E-state index contributed by atoms with van der Waals surface area (Å²) in [6.07, 6.45) is 5.48.